The summed E-state index contributed by atoms with van der Waals surface area (Å²) in [7, 11) is 0. The number of rotatable bonds is 3. The van der Waals surface area contributed by atoms with Crippen molar-refractivity contribution >= 4 is 5.97 Å². The largest absolute Gasteiger partial charge is 0.462 e. The predicted molar refractivity (Wildman–Crippen MR) is 54.8 cm³/mol. The van der Waals surface area contributed by atoms with E-state index in [0.29, 0.717) is 18.3 Å². The van der Waals surface area contributed by atoms with Crippen LogP contribution in [0.1, 0.15) is 39.0 Å². The first-order valence-corrected chi connectivity index (χ1v) is 5.65. The maximum Gasteiger partial charge on any atom is 0.306 e. The highest BCUT2D eigenvalue weighted by molar-refractivity contribution is 5.72. The lowest BCUT2D eigenvalue weighted by atomic mass is 9.90. The van der Waals surface area contributed by atoms with Gasteiger partial charge in [0.15, 0.2) is 0 Å². The highest BCUT2D eigenvalue weighted by atomic mass is 16.5. The lowest BCUT2D eigenvalue weighted by molar-refractivity contribution is -0.141. The number of carbonyl (C=O) groups is 1. The minimum Gasteiger partial charge on any atom is -0.462 e. The fourth-order valence-electron chi connectivity index (χ4n) is 2.69. The molecule has 0 aromatic heterocycles. The molecule has 3 atom stereocenters. The van der Waals surface area contributed by atoms with Gasteiger partial charge in [-0.15, -0.1) is 0 Å². The summed E-state index contributed by atoms with van der Waals surface area (Å²) in [6.45, 7) is 2.15. The Kier molecular flexibility index (Phi) is 2.90. The van der Waals surface area contributed by atoms with Crippen LogP contribution in [-0.4, -0.2) is 12.1 Å². The number of carbonyl (C=O) groups excluding carboxylic acids is 1. The number of hydrogen-bond acceptors (Lipinski definition) is 2. The lowest BCUT2D eigenvalue weighted by Gasteiger charge is -2.13. The van der Waals surface area contributed by atoms with Crippen molar-refractivity contribution in [2.45, 2.75) is 45.1 Å². The molecule has 2 aliphatic rings. The Morgan fingerprint density at radius 2 is 2.29 bits per heavy atom. The molecule has 2 heteroatoms. The maximum atomic E-state index is 11.1. The van der Waals surface area contributed by atoms with Crippen LogP contribution in [0.3, 0.4) is 0 Å². The molecule has 2 nitrogen and oxygen atoms in total. The summed E-state index contributed by atoms with van der Waals surface area (Å²) in [5.41, 5.74) is 0. The summed E-state index contributed by atoms with van der Waals surface area (Å²) >= 11 is 0. The van der Waals surface area contributed by atoms with Gasteiger partial charge in [-0.2, -0.15) is 0 Å². The van der Waals surface area contributed by atoms with E-state index in [9.17, 15) is 4.79 Å². The fourth-order valence-corrected chi connectivity index (χ4v) is 2.69. The molecule has 1 aliphatic carbocycles. The summed E-state index contributed by atoms with van der Waals surface area (Å²) in [4.78, 5) is 11.1. The van der Waals surface area contributed by atoms with Gasteiger partial charge in [0.1, 0.15) is 6.10 Å². The monoisotopic (exact) mass is 194 g/mol. The highest BCUT2D eigenvalue weighted by Gasteiger charge is 2.43. The predicted octanol–water partition coefficient (Wildman–Crippen LogP) is 2.68. The number of ether oxygens (including phenoxy) is 1. The molecule has 0 unspecified atom stereocenters. The molecule has 0 radical (unpaired) electrons. The number of fused-ring (bicyclic) bond motifs is 1. The van der Waals surface area contributed by atoms with Crippen molar-refractivity contribution in [3.05, 3.63) is 12.2 Å². The van der Waals surface area contributed by atoms with Crippen molar-refractivity contribution in [2.75, 3.05) is 0 Å². The van der Waals surface area contributed by atoms with Crippen LogP contribution in [0.2, 0.25) is 0 Å². The summed E-state index contributed by atoms with van der Waals surface area (Å²) in [6.07, 6.45) is 9.94. The molecule has 1 saturated heterocycles. The zero-order valence-electron chi connectivity index (χ0n) is 8.74. The van der Waals surface area contributed by atoms with E-state index in [4.69, 9.17) is 4.74 Å². The lowest BCUT2D eigenvalue weighted by Crippen LogP contribution is -2.13. The van der Waals surface area contributed by atoms with E-state index in [-0.39, 0.29) is 12.1 Å². The van der Waals surface area contributed by atoms with Gasteiger partial charge in [-0.25, -0.2) is 0 Å². The molecule has 0 spiro atoms. The van der Waals surface area contributed by atoms with Crippen LogP contribution >= 0.6 is 0 Å². The van der Waals surface area contributed by atoms with Crippen LogP contribution < -0.4 is 0 Å². The Balaban J connectivity index is 1.89. The zero-order valence-corrected chi connectivity index (χ0v) is 8.74. The Morgan fingerprint density at radius 1 is 1.43 bits per heavy atom. The van der Waals surface area contributed by atoms with Gasteiger partial charge in [0.05, 0.1) is 6.42 Å². The van der Waals surface area contributed by atoms with E-state index in [1.54, 1.807) is 0 Å². The second-order valence-electron chi connectivity index (χ2n) is 4.35. The van der Waals surface area contributed by atoms with Crippen molar-refractivity contribution in [1.29, 1.82) is 0 Å². The van der Waals surface area contributed by atoms with Gasteiger partial charge in [-0.1, -0.05) is 19.1 Å². The van der Waals surface area contributed by atoms with Crippen molar-refractivity contribution in [3.8, 4) is 0 Å². The van der Waals surface area contributed by atoms with Crippen LogP contribution in [0.15, 0.2) is 12.2 Å². The van der Waals surface area contributed by atoms with Crippen LogP contribution in [0.5, 0.6) is 0 Å². The molecule has 2 fully saturated rings. The molecule has 1 aliphatic heterocycles. The molecule has 0 aromatic carbocycles. The smallest absolute Gasteiger partial charge is 0.306 e. The van der Waals surface area contributed by atoms with Crippen LogP contribution in [0.25, 0.3) is 0 Å². The molecular weight excluding hydrogens is 176 g/mol. The SMILES string of the molecule is CC/C=C\C[C@H]1CC[C@H]2OC(=O)C[C@@H]12. The van der Waals surface area contributed by atoms with Crippen molar-refractivity contribution in [1.82, 2.24) is 0 Å². The molecule has 1 heterocycles. The molecule has 78 valence electrons. The van der Waals surface area contributed by atoms with E-state index in [0.717, 1.165) is 19.3 Å². The van der Waals surface area contributed by atoms with Gasteiger partial charge in [-0.3, -0.25) is 4.79 Å². The Labute approximate surface area is 85.3 Å². The van der Waals surface area contributed by atoms with Crippen molar-refractivity contribution < 1.29 is 9.53 Å². The van der Waals surface area contributed by atoms with E-state index < -0.39 is 0 Å². The van der Waals surface area contributed by atoms with Crippen LogP contribution in [0.4, 0.5) is 0 Å². The number of esters is 1. The summed E-state index contributed by atoms with van der Waals surface area (Å²) in [6, 6.07) is 0. The number of allylic oxidation sites excluding steroid dienone is 2. The first kappa shape index (κ1) is 9.75. The average Bonchev–Trinajstić information content (AvgIpc) is 2.66. The molecular formula is C12H18O2. The third-order valence-corrected chi connectivity index (χ3v) is 3.43. The number of hydrogen-bond donors (Lipinski definition) is 0. The Hall–Kier alpha value is -0.790. The van der Waals surface area contributed by atoms with E-state index in [1.165, 1.54) is 6.42 Å². The van der Waals surface area contributed by atoms with Crippen LogP contribution in [0, 0.1) is 11.8 Å². The Morgan fingerprint density at radius 3 is 3.07 bits per heavy atom. The minimum absolute atomic E-state index is 0.0178. The zero-order chi connectivity index (χ0) is 9.97. The van der Waals surface area contributed by atoms with Gasteiger partial charge >= 0.3 is 5.97 Å². The van der Waals surface area contributed by atoms with E-state index in [2.05, 4.69) is 19.1 Å². The van der Waals surface area contributed by atoms with E-state index in [1.807, 2.05) is 0 Å². The van der Waals surface area contributed by atoms with Crippen molar-refractivity contribution in [3.63, 3.8) is 0 Å². The molecule has 0 bridgehead atoms. The summed E-state index contributed by atoms with van der Waals surface area (Å²) in [5, 5.41) is 0. The second kappa shape index (κ2) is 4.16. The third kappa shape index (κ3) is 1.84. The normalized spacial score (nSPS) is 36.4. The molecule has 2 rings (SSSR count). The van der Waals surface area contributed by atoms with Gasteiger partial charge in [-0.05, 0) is 31.6 Å². The van der Waals surface area contributed by atoms with Gasteiger partial charge in [0.2, 0.25) is 0 Å². The first-order valence-electron chi connectivity index (χ1n) is 5.65. The first-order chi connectivity index (χ1) is 6.81. The molecule has 1 saturated carbocycles. The quantitative estimate of drug-likeness (QED) is 0.510. The van der Waals surface area contributed by atoms with E-state index >= 15 is 0 Å². The minimum atomic E-state index is 0.0178. The van der Waals surface area contributed by atoms with Gasteiger partial charge < -0.3 is 4.74 Å². The van der Waals surface area contributed by atoms with Crippen LogP contribution in [-0.2, 0) is 9.53 Å². The fraction of sp³-hybridized carbons (Fsp3) is 0.750. The highest BCUT2D eigenvalue weighted by Crippen LogP contribution is 2.42. The standard InChI is InChI=1S/C12H18O2/c1-2-3-4-5-9-6-7-11-10(9)8-12(13)14-11/h3-4,9-11H,2,5-8H2,1H3/b4-3-/t9-,10-,11+/m0/s1. The summed E-state index contributed by atoms with van der Waals surface area (Å²) in [5.74, 6) is 1.22. The average molecular weight is 194 g/mol. The summed E-state index contributed by atoms with van der Waals surface area (Å²) < 4.78 is 5.26. The topological polar surface area (TPSA) is 26.3 Å². The Bertz CT molecular complexity index is 245. The second-order valence-corrected chi connectivity index (χ2v) is 4.35. The molecule has 14 heavy (non-hydrogen) atoms. The molecule has 0 N–H and O–H groups in total. The van der Waals surface area contributed by atoms with Crippen molar-refractivity contribution in [2.24, 2.45) is 11.8 Å². The molecule has 0 aromatic rings. The van der Waals surface area contributed by atoms with Gasteiger partial charge in [0, 0.05) is 5.92 Å². The molecule has 0 amide bonds. The maximum absolute atomic E-state index is 11.1. The third-order valence-electron chi connectivity index (χ3n) is 3.43. The van der Waals surface area contributed by atoms with Gasteiger partial charge in [0.25, 0.3) is 0 Å².